The third-order valence-electron chi connectivity index (χ3n) is 7.04. The topological polar surface area (TPSA) is 119 Å². The molecular formula is C28H26Cl2N6O3. The molecule has 0 amide bonds. The zero-order valence-electron chi connectivity index (χ0n) is 20.9. The summed E-state index contributed by atoms with van der Waals surface area (Å²) in [6.45, 7) is 0.280. The molecule has 0 aliphatic heterocycles. The number of nitrogens with one attached hydrogen (secondary N) is 1. The molecule has 6 rings (SSSR count). The summed E-state index contributed by atoms with van der Waals surface area (Å²) >= 11 is 6.23. The first-order valence-corrected chi connectivity index (χ1v) is 13.0. The van der Waals surface area contributed by atoms with E-state index < -0.39 is 5.97 Å². The lowest BCUT2D eigenvalue weighted by Crippen LogP contribution is -2.14. The molecule has 0 saturated heterocycles. The lowest BCUT2D eigenvalue weighted by Gasteiger charge is -2.25. The first-order valence-electron chi connectivity index (χ1n) is 12.6. The van der Waals surface area contributed by atoms with E-state index in [0.717, 1.165) is 40.9 Å². The number of aromatic amines is 1. The molecule has 2 heterocycles. The second kappa shape index (κ2) is 11.4. The number of tetrazole rings is 1. The van der Waals surface area contributed by atoms with Crippen LogP contribution in [0.25, 0.3) is 33.8 Å². The van der Waals surface area contributed by atoms with Crippen LogP contribution in [0.5, 0.6) is 5.75 Å². The fourth-order valence-electron chi connectivity index (χ4n) is 5.18. The van der Waals surface area contributed by atoms with E-state index in [0.29, 0.717) is 28.2 Å². The molecule has 3 aromatic carbocycles. The number of hydrogen-bond acceptors (Lipinski definition) is 6. The van der Waals surface area contributed by atoms with Gasteiger partial charge in [0.2, 0.25) is 5.82 Å². The van der Waals surface area contributed by atoms with E-state index in [9.17, 15) is 9.90 Å². The van der Waals surface area contributed by atoms with E-state index in [2.05, 4.69) is 25.2 Å². The fourth-order valence-corrected chi connectivity index (χ4v) is 5.38. The molecule has 9 nitrogen and oxygen atoms in total. The van der Waals surface area contributed by atoms with Crippen molar-refractivity contribution in [1.29, 1.82) is 0 Å². The summed E-state index contributed by atoms with van der Waals surface area (Å²) in [5.74, 6) is 1.06. The van der Waals surface area contributed by atoms with E-state index in [1.807, 2.05) is 42.5 Å². The summed E-state index contributed by atoms with van der Waals surface area (Å²) in [5, 5.41) is 24.3. The van der Waals surface area contributed by atoms with Gasteiger partial charge >= 0.3 is 5.97 Å². The molecule has 1 aliphatic rings. The Hall–Kier alpha value is -3.95. The van der Waals surface area contributed by atoms with Crippen LogP contribution in [0.3, 0.4) is 0 Å². The second-order valence-corrected chi connectivity index (χ2v) is 9.89. The van der Waals surface area contributed by atoms with Gasteiger partial charge in [-0.05, 0) is 78.7 Å². The fraction of sp³-hybridized carbons (Fsp3) is 0.250. The van der Waals surface area contributed by atoms with Crippen molar-refractivity contribution in [3.63, 3.8) is 0 Å². The smallest absolute Gasteiger partial charge is 0.335 e. The van der Waals surface area contributed by atoms with E-state index in [-0.39, 0.29) is 24.6 Å². The highest BCUT2D eigenvalue weighted by atomic mass is 35.5. The SMILES string of the molecule is Cl.O=C(O)c1ccc2c(c1)nc(-c1ccc(OCc3cc(Cl)ccc3-c3nn[nH]n3)cc1)n2C1CCCCC1. The molecule has 0 unspecified atom stereocenters. The standard InChI is InChI=1S/C28H25ClN6O3.ClH/c29-20-9-12-23(26-31-33-34-32-26)19(14-20)16-38-22-10-6-17(7-11-22)27-30-24-15-18(28(36)37)8-13-25(24)35(27)21-4-2-1-3-5-21;/h6-15,21H,1-5,16H2,(H,36,37)(H,31,32,33,34);1H. The molecule has 0 bridgehead atoms. The Labute approximate surface area is 235 Å². The van der Waals surface area contributed by atoms with Crippen LogP contribution in [0, 0.1) is 0 Å². The van der Waals surface area contributed by atoms with Crippen molar-refractivity contribution in [2.24, 2.45) is 0 Å². The average molecular weight is 565 g/mol. The summed E-state index contributed by atoms with van der Waals surface area (Å²) in [6, 6.07) is 18.8. The lowest BCUT2D eigenvalue weighted by molar-refractivity contribution is 0.0697. The van der Waals surface area contributed by atoms with Gasteiger partial charge in [0.15, 0.2) is 0 Å². The maximum absolute atomic E-state index is 11.5. The van der Waals surface area contributed by atoms with Gasteiger partial charge in [-0.1, -0.05) is 30.9 Å². The van der Waals surface area contributed by atoms with Crippen molar-refractivity contribution in [1.82, 2.24) is 30.2 Å². The van der Waals surface area contributed by atoms with Crippen molar-refractivity contribution in [3.8, 4) is 28.5 Å². The average Bonchev–Trinajstić information content (AvgIpc) is 3.61. The number of hydrogen-bond donors (Lipinski definition) is 2. The van der Waals surface area contributed by atoms with Crippen molar-refractivity contribution < 1.29 is 14.6 Å². The number of fused-ring (bicyclic) bond motifs is 1. The molecule has 0 radical (unpaired) electrons. The van der Waals surface area contributed by atoms with Gasteiger partial charge in [-0.3, -0.25) is 0 Å². The van der Waals surface area contributed by atoms with Crippen LogP contribution < -0.4 is 4.74 Å². The number of ether oxygens (including phenoxy) is 1. The lowest BCUT2D eigenvalue weighted by atomic mass is 9.95. The Morgan fingerprint density at radius 1 is 1.05 bits per heavy atom. The number of H-pyrrole nitrogens is 1. The van der Waals surface area contributed by atoms with Gasteiger partial charge in [0.05, 0.1) is 16.6 Å². The normalized spacial score (nSPS) is 13.8. The summed E-state index contributed by atoms with van der Waals surface area (Å²) in [7, 11) is 0. The number of carboxylic acid groups (broad SMARTS) is 1. The van der Waals surface area contributed by atoms with Crippen LogP contribution >= 0.6 is 24.0 Å². The Kier molecular flexibility index (Phi) is 7.81. The molecule has 200 valence electrons. The zero-order chi connectivity index (χ0) is 26.1. The molecular weight excluding hydrogens is 539 g/mol. The highest BCUT2D eigenvalue weighted by Gasteiger charge is 2.23. The Bertz CT molecular complexity index is 1600. The number of aromatic nitrogens is 6. The minimum atomic E-state index is -0.954. The van der Waals surface area contributed by atoms with Crippen molar-refractivity contribution in [2.45, 2.75) is 44.8 Å². The molecule has 0 spiro atoms. The summed E-state index contributed by atoms with van der Waals surface area (Å²) in [4.78, 5) is 16.4. The number of imidazole rings is 1. The minimum Gasteiger partial charge on any atom is -0.489 e. The summed E-state index contributed by atoms with van der Waals surface area (Å²) < 4.78 is 8.38. The maximum Gasteiger partial charge on any atom is 0.335 e. The van der Waals surface area contributed by atoms with Gasteiger partial charge in [-0.15, -0.1) is 22.6 Å². The Morgan fingerprint density at radius 2 is 1.85 bits per heavy atom. The van der Waals surface area contributed by atoms with Crippen LogP contribution in [-0.2, 0) is 6.61 Å². The molecule has 5 aromatic rings. The number of nitrogens with zero attached hydrogens (tertiary/aromatic N) is 5. The van der Waals surface area contributed by atoms with Crippen LogP contribution in [0.4, 0.5) is 0 Å². The first-order chi connectivity index (χ1) is 18.6. The van der Waals surface area contributed by atoms with E-state index in [1.54, 1.807) is 18.2 Å². The van der Waals surface area contributed by atoms with Gasteiger partial charge in [0, 0.05) is 27.8 Å². The molecule has 39 heavy (non-hydrogen) atoms. The van der Waals surface area contributed by atoms with E-state index in [1.165, 1.54) is 19.3 Å². The van der Waals surface area contributed by atoms with E-state index in [4.69, 9.17) is 21.3 Å². The monoisotopic (exact) mass is 564 g/mol. The van der Waals surface area contributed by atoms with Gasteiger partial charge < -0.3 is 14.4 Å². The minimum absolute atomic E-state index is 0. The van der Waals surface area contributed by atoms with Crippen molar-refractivity contribution >= 4 is 41.0 Å². The Balaban J connectivity index is 0.00000308. The number of rotatable bonds is 7. The predicted molar refractivity (Wildman–Crippen MR) is 150 cm³/mol. The molecule has 11 heteroatoms. The van der Waals surface area contributed by atoms with Crippen LogP contribution in [0.15, 0.2) is 60.7 Å². The van der Waals surface area contributed by atoms with Gasteiger partial charge in [-0.2, -0.15) is 5.21 Å². The predicted octanol–water partition coefficient (Wildman–Crippen LogP) is 6.74. The van der Waals surface area contributed by atoms with Crippen LogP contribution in [0.2, 0.25) is 5.02 Å². The zero-order valence-corrected chi connectivity index (χ0v) is 22.5. The molecule has 1 aliphatic carbocycles. The van der Waals surface area contributed by atoms with Gasteiger partial charge in [0.1, 0.15) is 18.2 Å². The molecule has 2 N–H and O–H groups in total. The van der Waals surface area contributed by atoms with Crippen molar-refractivity contribution in [3.05, 3.63) is 76.8 Å². The number of carbonyl (C=O) groups is 1. The number of halogens is 2. The third kappa shape index (κ3) is 5.46. The first kappa shape index (κ1) is 26.6. The van der Waals surface area contributed by atoms with Crippen molar-refractivity contribution in [2.75, 3.05) is 0 Å². The second-order valence-electron chi connectivity index (χ2n) is 9.46. The molecule has 2 aromatic heterocycles. The summed E-state index contributed by atoms with van der Waals surface area (Å²) in [6.07, 6.45) is 5.78. The highest BCUT2D eigenvalue weighted by Crippen LogP contribution is 2.36. The van der Waals surface area contributed by atoms with Crippen LogP contribution in [0.1, 0.15) is 54.1 Å². The van der Waals surface area contributed by atoms with Gasteiger partial charge in [-0.25, -0.2) is 9.78 Å². The largest absolute Gasteiger partial charge is 0.489 e. The number of carboxylic acids is 1. The quantitative estimate of drug-likeness (QED) is 0.224. The molecule has 1 saturated carbocycles. The number of aromatic carboxylic acids is 1. The van der Waals surface area contributed by atoms with E-state index >= 15 is 0 Å². The van der Waals surface area contributed by atoms with Gasteiger partial charge in [0.25, 0.3) is 0 Å². The molecule has 0 atom stereocenters. The maximum atomic E-state index is 11.5. The third-order valence-corrected chi connectivity index (χ3v) is 7.27. The van der Waals surface area contributed by atoms with Crippen LogP contribution in [-0.4, -0.2) is 41.3 Å². The number of benzene rings is 3. The Morgan fingerprint density at radius 3 is 2.56 bits per heavy atom. The highest BCUT2D eigenvalue weighted by molar-refractivity contribution is 6.30. The summed E-state index contributed by atoms with van der Waals surface area (Å²) in [5.41, 5.74) is 4.49. The molecule has 1 fully saturated rings.